The van der Waals surface area contributed by atoms with Gasteiger partial charge < -0.3 is 14.5 Å². The summed E-state index contributed by atoms with van der Waals surface area (Å²) in [7, 11) is 0. The molecule has 0 aliphatic carbocycles. The molecule has 2 rings (SSSR count). The van der Waals surface area contributed by atoms with Crippen molar-refractivity contribution in [3.63, 3.8) is 0 Å². The second kappa shape index (κ2) is 5.93. The molecule has 0 aromatic rings. The second-order valence-electron chi connectivity index (χ2n) is 4.91. The van der Waals surface area contributed by atoms with Gasteiger partial charge in [-0.25, -0.2) is 0 Å². The topological polar surface area (TPSA) is 49.9 Å². The fourth-order valence-electron chi connectivity index (χ4n) is 2.40. The van der Waals surface area contributed by atoms with E-state index in [0.717, 1.165) is 12.3 Å². The van der Waals surface area contributed by atoms with Crippen LogP contribution in [0.1, 0.15) is 20.3 Å². The molecule has 0 unspecified atom stereocenters. The monoisotopic (exact) mass is 272 g/mol. The van der Waals surface area contributed by atoms with Crippen LogP contribution in [0, 0.1) is 0 Å². The smallest absolute Gasteiger partial charge is 0.281 e. The Kier molecular flexibility index (Phi) is 4.50. The molecule has 0 spiro atoms. The summed E-state index contributed by atoms with van der Waals surface area (Å²) in [5.74, 6) is 0.972. The fourth-order valence-corrected chi connectivity index (χ4v) is 3.25. The minimum absolute atomic E-state index is 0.0988. The Labute approximate surface area is 112 Å². The molecule has 0 radical (unpaired) electrons. The van der Waals surface area contributed by atoms with Crippen LogP contribution >= 0.6 is 11.8 Å². The lowest BCUT2D eigenvalue weighted by molar-refractivity contribution is -0.143. The van der Waals surface area contributed by atoms with Crippen molar-refractivity contribution < 1.29 is 14.3 Å². The number of ether oxygens (including phenoxy) is 1. The van der Waals surface area contributed by atoms with E-state index < -0.39 is 0 Å². The molecule has 0 aromatic heterocycles. The first-order valence-corrected chi connectivity index (χ1v) is 7.39. The van der Waals surface area contributed by atoms with Gasteiger partial charge in [0, 0.05) is 38.4 Å². The molecule has 0 saturated carbocycles. The van der Waals surface area contributed by atoms with Gasteiger partial charge in [0.25, 0.3) is 5.24 Å². The van der Waals surface area contributed by atoms with Gasteiger partial charge in [-0.1, -0.05) is 11.8 Å². The van der Waals surface area contributed by atoms with E-state index in [1.807, 2.05) is 18.7 Å². The maximum atomic E-state index is 12.1. The van der Waals surface area contributed by atoms with Gasteiger partial charge in [0.2, 0.25) is 5.91 Å². The minimum atomic E-state index is 0.0988. The molecule has 2 aliphatic heterocycles. The van der Waals surface area contributed by atoms with E-state index >= 15 is 0 Å². The van der Waals surface area contributed by atoms with E-state index in [1.165, 1.54) is 11.8 Å². The number of hydrogen-bond donors (Lipinski definition) is 0. The Morgan fingerprint density at radius 1 is 1.39 bits per heavy atom. The van der Waals surface area contributed by atoms with Gasteiger partial charge in [-0.05, 0) is 13.8 Å². The molecule has 5 nitrogen and oxygen atoms in total. The summed E-state index contributed by atoms with van der Waals surface area (Å²) in [6.45, 7) is 6.60. The second-order valence-corrected chi connectivity index (χ2v) is 5.95. The largest absolute Gasteiger partial charge is 0.372 e. The van der Waals surface area contributed by atoms with Crippen molar-refractivity contribution in [2.45, 2.75) is 32.5 Å². The summed E-state index contributed by atoms with van der Waals surface area (Å²) in [5.41, 5.74) is 0. The first-order valence-electron chi connectivity index (χ1n) is 6.41. The number of rotatable bonds is 3. The molecule has 2 fully saturated rings. The molecule has 0 aromatic carbocycles. The molecule has 2 saturated heterocycles. The standard InChI is InChI=1S/C12H20N2O3S/c1-9-7-14(8-10(2)17-9)11(15)3-4-13-5-6-18-12(13)16/h9-10H,3-8H2,1-2H3/t9-,10-/m1/s1. The predicted octanol–water partition coefficient (Wildman–Crippen LogP) is 1.18. The fraction of sp³-hybridized carbons (Fsp3) is 0.833. The zero-order chi connectivity index (χ0) is 13.1. The zero-order valence-corrected chi connectivity index (χ0v) is 11.7. The maximum absolute atomic E-state index is 12.1. The Balaban J connectivity index is 1.78. The van der Waals surface area contributed by atoms with Crippen molar-refractivity contribution in [1.29, 1.82) is 0 Å². The summed E-state index contributed by atoms with van der Waals surface area (Å²) in [6.07, 6.45) is 0.620. The lowest BCUT2D eigenvalue weighted by Crippen LogP contribution is -2.48. The average molecular weight is 272 g/mol. The number of carbonyl (C=O) groups is 2. The number of thioether (sulfide) groups is 1. The van der Waals surface area contributed by atoms with Crippen molar-refractivity contribution in [3.05, 3.63) is 0 Å². The van der Waals surface area contributed by atoms with E-state index in [-0.39, 0.29) is 23.4 Å². The first-order chi connectivity index (χ1) is 8.56. The highest BCUT2D eigenvalue weighted by molar-refractivity contribution is 8.13. The highest BCUT2D eigenvalue weighted by atomic mass is 32.2. The Hall–Kier alpha value is -0.750. The lowest BCUT2D eigenvalue weighted by atomic mass is 10.2. The minimum Gasteiger partial charge on any atom is -0.372 e. The quantitative estimate of drug-likeness (QED) is 0.774. The maximum Gasteiger partial charge on any atom is 0.281 e. The van der Waals surface area contributed by atoms with Crippen LogP contribution in [0.5, 0.6) is 0 Å². The molecule has 0 N–H and O–H groups in total. The summed E-state index contributed by atoms with van der Waals surface area (Å²) in [6, 6.07) is 0. The van der Waals surface area contributed by atoms with Crippen molar-refractivity contribution in [2.24, 2.45) is 0 Å². The normalized spacial score (nSPS) is 28.9. The molecule has 102 valence electrons. The van der Waals surface area contributed by atoms with Crippen molar-refractivity contribution in [1.82, 2.24) is 9.80 Å². The van der Waals surface area contributed by atoms with E-state index in [4.69, 9.17) is 4.74 Å². The molecular formula is C12H20N2O3S. The van der Waals surface area contributed by atoms with Gasteiger partial charge in [-0.15, -0.1) is 0 Å². The number of morpholine rings is 1. The third-order valence-electron chi connectivity index (χ3n) is 3.21. The van der Waals surface area contributed by atoms with Crippen LogP contribution in [-0.2, 0) is 9.53 Å². The number of amides is 2. The van der Waals surface area contributed by atoms with Gasteiger partial charge in [-0.3, -0.25) is 9.59 Å². The van der Waals surface area contributed by atoms with E-state index in [9.17, 15) is 9.59 Å². The summed E-state index contributed by atoms with van der Waals surface area (Å²) in [5, 5.41) is 0.103. The highest BCUT2D eigenvalue weighted by Gasteiger charge is 2.27. The summed E-state index contributed by atoms with van der Waals surface area (Å²) < 4.78 is 5.60. The van der Waals surface area contributed by atoms with E-state index in [1.54, 1.807) is 4.90 Å². The molecule has 2 heterocycles. The first kappa shape index (κ1) is 13.7. The Bertz CT molecular complexity index is 327. The van der Waals surface area contributed by atoms with Gasteiger partial charge in [-0.2, -0.15) is 0 Å². The Morgan fingerprint density at radius 3 is 2.61 bits per heavy atom. The van der Waals surface area contributed by atoms with Crippen LogP contribution in [0.3, 0.4) is 0 Å². The van der Waals surface area contributed by atoms with Gasteiger partial charge in [0.05, 0.1) is 12.2 Å². The van der Waals surface area contributed by atoms with Crippen molar-refractivity contribution in [3.8, 4) is 0 Å². The average Bonchev–Trinajstić information content (AvgIpc) is 2.70. The molecule has 6 heteroatoms. The number of hydrogen-bond acceptors (Lipinski definition) is 4. The molecule has 2 aliphatic rings. The Morgan fingerprint density at radius 2 is 2.06 bits per heavy atom. The zero-order valence-electron chi connectivity index (χ0n) is 10.9. The number of carbonyl (C=O) groups excluding carboxylic acids is 2. The van der Waals surface area contributed by atoms with Crippen molar-refractivity contribution >= 4 is 22.9 Å². The molecule has 18 heavy (non-hydrogen) atoms. The molecule has 2 atom stereocenters. The lowest BCUT2D eigenvalue weighted by Gasteiger charge is -2.35. The summed E-state index contributed by atoms with van der Waals surface area (Å²) >= 11 is 1.34. The third kappa shape index (κ3) is 3.38. The highest BCUT2D eigenvalue weighted by Crippen LogP contribution is 2.18. The van der Waals surface area contributed by atoms with Crippen LogP contribution < -0.4 is 0 Å². The SMILES string of the molecule is C[C@@H]1CN(C(=O)CCN2CCSC2=O)C[C@@H](C)O1. The van der Waals surface area contributed by atoms with E-state index in [2.05, 4.69) is 0 Å². The predicted molar refractivity (Wildman–Crippen MR) is 70.6 cm³/mol. The van der Waals surface area contributed by atoms with Crippen LogP contribution in [0.4, 0.5) is 4.79 Å². The van der Waals surface area contributed by atoms with Crippen LogP contribution in [0.25, 0.3) is 0 Å². The molecular weight excluding hydrogens is 252 g/mol. The van der Waals surface area contributed by atoms with Gasteiger partial charge in [0.15, 0.2) is 0 Å². The molecule has 2 amide bonds. The third-order valence-corrected chi connectivity index (χ3v) is 4.10. The van der Waals surface area contributed by atoms with Crippen molar-refractivity contribution in [2.75, 3.05) is 31.9 Å². The van der Waals surface area contributed by atoms with Crippen LogP contribution in [0.2, 0.25) is 0 Å². The van der Waals surface area contributed by atoms with Gasteiger partial charge in [0.1, 0.15) is 0 Å². The summed E-state index contributed by atoms with van der Waals surface area (Å²) in [4.78, 5) is 27.1. The number of nitrogens with zero attached hydrogens (tertiary/aromatic N) is 2. The van der Waals surface area contributed by atoms with Crippen LogP contribution in [0.15, 0.2) is 0 Å². The molecule has 0 bridgehead atoms. The van der Waals surface area contributed by atoms with E-state index in [0.29, 0.717) is 26.1 Å². The van der Waals surface area contributed by atoms with Crippen LogP contribution in [-0.4, -0.2) is 65.1 Å². The van der Waals surface area contributed by atoms with Gasteiger partial charge >= 0.3 is 0 Å².